The molecule has 2 aromatic carbocycles. The molecule has 3 aromatic rings. The monoisotopic (exact) mass is 448 g/mol. The van der Waals surface area contributed by atoms with Crippen LogP contribution in [0.1, 0.15) is 16.8 Å². The highest BCUT2D eigenvalue weighted by Crippen LogP contribution is 2.32. The molecule has 0 saturated carbocycles. The molecule has 1 aromatic heterocycles. The molecule has 1 aliphatic rings. The van der Waals surface area contributed by atoms with Gasteiger partial charge in [0, 0.05) is 40.2 Å². The first-order chi connectivity index (χ1) is 16.0. The van der Waals surface area contributed by atoms with Gasteiger partial charge in [0.25, 0.3) is 5.91 Å². The molecule has 1 atom stereocenters. The normalized spacial score (nSPS) is 18.8. The SMILES string of the molecule is CNC(=O)C1(Cc2ccccc2-c2ccccc2)CN(Cc2c(C)nn(C)c2OC)CCO1. The molecule has 1 fully saturated rings. The van der Waals surface area contributed by atoms with Crippen molar-refractivity contribution in [1.82, 2.24) is 20.0 Å². The molecule has 7 heteroatoms. The summed E-state index contributed by atoms with van der Waals surface area (Å²) in [6, 6.07) is 18.5. The number of rotatable bonds is 7. The fourth-order valence-electron chi connectivity index (χ4n) is 4.77. The van der Waals surface area contributed by atoms with Crippen LogP contribution in [0.2, 0.25) is 0 Å². The van der Waals surface area contributed by atoms with Gasteiger partial charge in [0.2, 0.25) is 5.88 Å². The van der Waals surface area contributed by atoms with Crippen molar-refractivity contribution in [2.75, 3.05) is 33.9 Å². The third-order valence-electron chi connectivity index (χ3n) is 6.35. The van der Waals surface area contributed by atoms with Crippen molar-refractivity contribution in [3.05, 3.63) is 71.4 Å². The predicted octanol–water partition coefficient (Wildman–Crippen LogP) is 2.96. The number of ether oxygens (including phenoxy) is 2. The van der Waals surface area contributed by atoms with Crippen molar-refractivity contribution in [2.24, 2.45) is 7.05 Å². The Morgan fingerprint density at radius 3 is 2.64 bits per heavy atom. The first kappa shape index (κ1) is 23.0. The number of benzene rings is 2. The summed E-state index contributed by atoms with van der Waals surface area (Å²) in [4.78, 5) is 15.5. The van der Waals surface area contributed by atoms with Crippen LogP contribution in [-0.4, -0.2) is 60.0 Å². The minimum Gasteiger partial charge on any atom is -0.481 e. The van der Waals surface area contributed by atoms with Gasteiger partial charge in [-0.25, -0.2) is 4.68 Å². The predicted molar refractivity (Wildman–Crippen MR) is 128 cm³/mol. The molecule has 0 radical (unpaired) electrons. The van der Waals surface area contributed by atoms with E-state index < -0.39 is 5.60 Å². The second kappa shape index (κ2) is 9.77. The van der Waals surface area contributed by atoms with Gasteiger partial charge < -0.3 is 14.8 Å². The molecule has 0 aliphatic carbocycles. The first-order valence-electron chi connectivity index (χ1n) is 11.3. The van der Waals surface area contributed by atoms with Crippen LogP contribution >= 0.6 is 0 Å². The Morgan fingerprint density at radius 2 is 1.91 bits per heavy atom. The Labute approximate surface area is 195 Å². The number of aryl methyl sites for hydroxylation is 2. The Hall–Kier alpha value is -3.16. The van der Waals surface area contributed by atoms with Crippen LogP contribution in [0, 0.1) is 6.92 Å². The molecule has 0 bridgehead atoms. The van der Waals surface area contributed by atoms with E-state index in [4.69, 9.17) is 9.47 Å². The van der Waals surface area contributed by atoms with E-state index >= 15 is 0 Å². The molecule has 1 saturated heterocycles. The van der Waals surface area contributed by atoms with E-state index in [1.165, 1.54) is 0 Å². The Balaban J connectivity index is 1.65. The number of methoxy groups -OCH3 is 1. The Bertz CT molecular complexity index is 1110. The molecule has 4 rings (SSSR count). The van der Waals surface area contributed by atoms with Gasteiger partial charge >= 0.3 is 0 Å². The van der Waals surface area contributed by atoms with Gasteiger partial charge in [-0.2, -0.15) is 5.10 Å². The van der Waals surface area contributed by atoms with Crippen LogP contribution in [0.25, 0.3) is 11.1 Å². The van der Waals surface area contributed by atoms with Crippen LogP contribution < -0.4 is 10.1 Å². The maximum absolute atomic E-state index is 13.2. The molecule has 0 spiro atoms. The number of likely N-dealkylation sites (N-methyl/N-ethyl adjacent to an activating group) is 1. The number of carbonyl (C=O) groups is 1. The number of carbonyl (C=O) groups excluding carboxylic acids is 1. The van der Waals surface area contributed by atoms with Gasteiger partial charge in [0.1, 0.15) is 0 Å². The van der Waals surface area contributed by atoms with Gasteiger partial charge in [0.15, 0.2) is 5.60 Å². The van der Waals surface area contributed by atoms with Crippen LogP contribution in [0.4, 0.5) is 0 Å². The maximum Gasteiger partial charge on any atom is 0.253 e. The molecule has 7 nitrogen and oxygen atoms in total. The summed E-state index contributed by atoms with van der Waals surface area (Å²) in [6.45, 7) is 4.32. The topological polar surface area (TPSA) is 68.6 Å². The minimum absolute atomic E-state index is 0.107. The van der Waals surface area contributed by atoms with Crippen LogP contribution in [-0.2, 0) is 29.5 Å². The summed E-state index contributed by atoms with van der Waals surface area (Å²) in [5.74, 6) is 0.642. The summed E-state index contributed by atoms with van der Waals surface area (Å²) in [5.41, 5.74) is 4.32. The van der Waals surface area contributed by atoms with Gasteiger partial charge in [-0.1, -0.05) is 54.6 Å². The first-order valence-corrected chi connectivity index (χ1v) is 11.3. The third kappa shape index (κ3) is 4.65. The number of morpholine rings is 1. The number of aromatic nitrogens is 2. The van der Waals surface area contributed by atoms with Crippen LogP contribution in [0.15, 0.2) is 54.6 Å². The van der Waals surface area contributed by atoms with Crippen molar-refractivity contribution in [1.29, 1.82) is 0 Å². The number of nitrogens with zero attached hydrogens (tertiary/aromatic N) is 3. The molecule has 1 amide bonds. The number of hydrogen-bond acceptors (Lipinski definition) is 5. The lowest BCUT2D eigenvalue weighted by Crippen LogP contribution is -2.60. The van der Waals surface area contributed by atoms with E-state index in [9.17, 15) is 4.79 Å². The van der Waals surface area contributed by atoms with Crippen molar-refractivity contribution < 1.29 is 14.3 Å². The highest BCUT2D eigenvalue weighted by molar-refractivity contribution is 5.86. The summed E-state index contributed by atoms with van der Waals surface area (Å²) < 4.78 is 13.6. The Morgan fingerprint density at radius 1 is 1.18 bits per heavy atom. The second-order valence-corrected chi connectivity index (χ2v) is 8.53. The molecule has 1 unspecified atom stereocenters. The van der Waals surface area contributed by atoms with Crippen molar-refractivity contribution in [3.63, 3.8) is 0 Å². The highest BCUT2D eigenvalue weighted by Gasteiger charge is 2.44. The van der Waals surface area contributed by atoms with E-state index in [1.54, 1.807) is 18.8 Å². The van der Waals surface area contributed by atoms with Gasteiger partial charge in [-0.15, -0.1) is 0 Å². The Kier molecular flexibility index (Phi) is 6.81. The van der Waals surface area contributed by atoms with E-state index in [-0.39, 0.29) is 5.91 Å². The lowest BCUT2D eigenvalue weighted by molar-refractivity contribution is -0.160. The smallest absolute Gasteiger partial charge is 0.253 e. The van der Waals surface area contributed by atoms with Gasteiger partial charge in [0.05, 0.1) is 25.0 Å². The second-order valence-electron chi connectivity index (χ2n) is 8.53. The minimum atomic E-state index is -0.985. The zero-order chi connectivity index (χ0) is 23.4. The van der Waals surface area contributed by atoms with Crippen molar-refractivity contribution in [3.8, 4) is 17.0 Å². The highest BCUT2D eigenvalue weighted by atomic mass is 16.5. The van der Waals surface area contributed by atoms with E-state index in [0.717, 1.165) is 40.4 Å². The molecular weight excluding hydrogens is 416 g/mol. The summed E-state index contributed by atoms with van der Waals surface area (Å²) in [6.07, 6.45) is 0.484. The van der Waals surface area contributed by atoms with E-state index in [0.29, 0.717) is 26.1 Å². The van der Waals surface area contributed by atoms with Crippen LogP contribution in [0.5, 0.6) is 5.88 Å². The van der Waals surface area contributed by atoms with Crippen LogP contribution in [0.3, 0.4) is 0 Å². The van der Waals surface area contributed by atoms with E-state index in [2.05, 4.69) is 39.6 Å². The summed E-state index contributed by atoms with van der Waals surface area (Å²) >= 11 is 0. The molecule has 33 heavy (non-hydrogen) atoms. The number of amides is 1. The van der Waals surface area contributed by atoms with Gasteiger partial charge in [-0.05, 0) is 23.6 Å². The number of hydrogen-bond donors (Lipinski definition) is 1. The zero-order valence-corrected chi connectivity index (χ0v) is 19.8. The molecular formula is C26H32N4O3. The standard InChI is InChI=1S/C26H32N4O3/c1-19-23(24(32-4)29(3)28-19)17-30-14-15-33-26(18-30,25(31)27-2)16-21-12-8-9-13-22(21)20-10-6-5-7-11-20/h5-13H,14-18H2,1-4H3,(H,27,31). The fraction of sp³-hybridized carbons (Fsp3) is 0.385. The molecule has 1 aliphatic heterocycles. The lowest BCUT2D eigenvalue weighted by Gasteiger charge is -2.41. The lowest BCUT2D eigenvalue weighted by atomic mass is 9.87. The third-order valence-corrected chi connectivity index (χ3v) is 6.35. The average molecular weight is 449 g/mol. The zero-order valence-electron chi connectivity index (χ0n) is 19.8. The largest absolute Gasteiger partial charge is 0.481 e. The number of nitrogens with one attached hydrogen (secondary N) is 1. The summed E-state index contributed by atoms with van der Waals surface area (Å²) in [5, 5.41) is 7.35. The average Bonchev–Trinajstić information content (AvgIpc) is 3.11. The summed E-state index contributed by atoms with van der Waals surface area (Å²) in [7, 11) is 5.21. The molecule has 2 heterocycles. The van der Waals surface area contributed by atoms with Crippen molar-refractivity contribution >= 4 is 5.91 Å². The quantitative estimate of drug-likeness (QED) is 0.602. The van der Waals surface area contributed by atoms with Crippen molar-refractivity contribution in [2.45, 2.75) is 25.5 Å². The van der Waals surface area contributed by atoms with E-state index in [1.807, 2.05) is 44.3 Å². The molecule has 1 N–H and O–H groups in total. The van der Waals surface area contributed by atoms with Gasteiger partial charge in [-0.3, -0.25) is 9.69 Å². The maximum atomic E-state index is 13.2. The molecule has 174 valence electrons. The fourth-order valence-corrected chi connectivity index (χ4v) is 4.77.